The molecular weight excluding hydrogens is 334 g/mol. The van der Waals surface area contributed by atoms with Crippen molar-refractivity contribution in [3.05, 3.63) is 29.8 Å². The number of carbonyl (C=O) groups is 3. The summed E-state index contributed by atoms with van der Waals surface area (Å²) in [6, 6.07) is 6.89. The number of carbonyl (C=O) groups excluding carboxylic acids is 2. The number of carboxylic acids is 1. The van der Waals surface area contributed by atoms with E-state index in [0.717, 1.165) is 25.1 Å². The lowest BCUT2D eigenvalue weighted by atomic mass is 9.96. The van der Waals surface area contributed by atoms with Crippen molar-refractivity contribution < 1.29 is 19.5 Å². The van der Waals surface area contributed by atoms with Crippen molar-refractivity contribution >= 4 is 23.5 Å². The van der Waals surface area contributed by atoms with Gasteiger partial charge in [0.1, 0.15) is 0 Å². The van der Waals surface area contributed by atoms with Gasteiger partial charge in [0.05, 0.1) is 11.5 Å². The standard InChI is InChI=1S/C19H25N3O4/c1-14(23)22-7-3-5-16(13-22)18(24)21-10-8-20(9-11-21)17-6-2-4-15(12-17)19(25)26/h2,4,6,12,16H,3,5,7-11,13H2,1H3,(H,25,26). The Hall–Kier alpha value is -2.57. The minimum atomic E-state index is -0.937. The van der Waals surface area contributed by atoms with Gasteiger partial charge >= 0.3 is 5.97 Å². The number of likely N-dealkylation sites (tertiary alicyclic amines) is 1. The van der Waals surface area contributed by atoms with E-state index in [9.17, 15) is 14.4 Å². The second-order valence-electron chi connectivity index (χ2n) is 6.97. The van der Waals surface area contributed by atoms with Crippen LogP contribution in [0.4, 0.5) is 5.69 Å². The van der Waals surface area contributed by atoms with Crippen molar-refractivity contribution in [3.8, 4) is 0 Å². The van der Waals surface area contributed by atoms with Crippen LogP contribution in [0.2, 0.25) is 0 Å². The molecule has 2 fully saturated rings. The van der Waals surface area contributed by atoms with Gasteiger partial charge in [0.15, 0.2) is 0 Å². The zero-order valence-corrected chi connectivity index (χ0v) is 15.1. The molecule has 1 aromatic carbocycles. The fourth-order valence-corrected chi connectivity index (χ4v) is 3.74. The van der Waals surface area contributed by atoms with Crippen LogP contribution in [-0.2, 0) is 9.59 Å². The van der Waals surface area contributed by atoms with E-state index in [1.54, 1.807) is 30.0 Å². The van der Waals surface area contributed by atoms with Crippen molar-refractivity contribution in [1.29, 1.82) is 0 Å². The van der Waals surface area contributed by atoms with Gasteiger partial charge in [-0.1, -0.05) is 6.07 Å². The normalized spacial score (nSPS) is 20.8. The number of nitrogens with zero attached hydrogens (tertiary/aromatic N) is 3. The van der Waals surface area contributed by atoms with E-state index in [4.69, 9.17) is 5.11 Å². The topological polar surface area (TPSA) is 81.2 Å². The predicted octanol–water partition coefficient (Wildman–Crippen LogP) is 1.29. The van der Waals surface area contributed by atoms with E-state index in [-0.39, 0.29) is 23.3 Å². The molecule has 2 aliphatic rings. The molecular formula is C19H25N3O4. The molecule has 2 saturated heterocycles. The van der Waals surface area contributed by atoms with E-state index < -0.39 is 5.97 Å². The van der Waals surface area contributed by atoms with Gasteiger partial charge in [0.2, 0.25) is 11.8 Å². The Morgan fingerprint density at radius 2 is 1.77 bits per heavy atom. The summed E-state index contributed by atoms with van der Waals surface area (Å²) in [5, 5.41) is 9.13. The van der Waals surface area contributed by atoms with Crippen LogP contribution in [0.15, 0.2) is 24.3 Å². The average Bonchev–Trinajstić information content (AvgIpc) is 2.67. The number of rotatable bonds is 3. The van der Waals surface area contributed by atoms with Crippen LogP contribution in [0.3, 0.4) is 0 Å². The van der Waals surface area contributed by atoms with E-state index in [1.165, 1.54) is 0 Å². The third-order valence-electron chi connectivity index (χ3n) is 5.27. The van der Waals surface area contributed by atoms with Crippen molar-refractivity contribution in [2.45, 2.75) is 19.8 Å². The minimum absolute atomic E-state index is 0.0330. The molecule has 0 aliphatic carbocycles. The van der Waals surface area contributed by atoms with Gasteiger partial charge in [-0.3, -0.25) is 9.59 Å². The number of piperazine rings is 1. The summed E-state index contributed by atoms with van der Waals surface area (Å²) in [6.45, 7) is 5.41. The molecule has 1 atom stereocenters. The van der Waals surface area contributed by atoms with Crippen LogP contribution in [0, 0.1) is 5.92 Å². The van der Waals surface area contributed by atoms with E-state index in [2.05, 4.69) is 4.90 Å². The number of aromatic carboxylic acids is 1. The molecule has 2 amide bonds. The van der Waals surface area contributed by atoms with Gasteiger partial charge in [-0.2, -0.15) is 0 Å². The van der Waals surface area contributed by atoms with Crippen molar-refractivity contribution in [3.63, 3.8) is 0 Å². The summed E-state index contributed by atoms with van der Waals surface area (Å²) in [7, 11) is 0. The fraction of sp³-hybridized carbons (Fsp3) is 0.526. The number of anilines is 1. The van der Waals surface area contributed by atoms with Gasteiger partial charge in [0.25, 0.3) is 0 Å². The summed E-state index contributed by atoms with van der Waals surface area (Å²) in [5.74, 6) is -0.872. The lowest BCUT2D eigenvalue weighted by Gasteiger charge is -2.39. The molecule has 1 aromatic rings. The quantitative estimate of drug-likeness (QED) is 0.880. The van der Waals surface area contributed by atoms with Gasteiger partial charge in [-0.15, -0.1) is 0 Å². The maximum absolute atomic E-state index is 12.8. The third-order valence-corrected chi connectivity index (χ3v) is 5.27. The van der Waals surface area contributed by atoms with Crippen LogP contribution in [0.1, 0.15) is 30.1 Å². The number of amides is 2. The molecule has 1 unspecified atom stereocenters. The second kappa shape index (κ2) is 7.76. The molecule has 140 valence electrons. The number of hydrogen-bond donors (Lipinski definition) is 1. The summed E-state index contributed by atoms with van der Waals surface area (Å²) in [6.07, 6.45) is 1.71. The molecule has 0 saturated carbocycles. The minimum Gasteiger partial charge on any atom is -0.478 e. The third kappa shape index (κ3) is 3.98. The molecule has 0 spiro atoms. The van der Waals surface area contributed by atoms with Gasteiger partial charge in [-0.25, -0.2) is 4.79 Å². The Bertz CT molecular complexity index is 698. The molecule has 26 heavy (non-hydrogen) atoms. The molecule has 0 radical (unpaired) electrons. The summed E-state index contributed by atoms with van der Waals surface area (Å²) in [5.41, 5.74) is 1.14. The highest BCUT2D eigenvalue weighted by atomic mass is 16.4. The summed E-state index contributed by atoms with van der Waals surface area (Å²) >= 11 is 0. The van der Waals surface area contributed by atoms with Crippen molar-refractivity contribution in [2.24, 2.45) is 5.92 Å². The number of hydrogen-bond acceptors (Lipinski definition) is 4. The zero-order chi connectivity index (χ0) is 18.7. The fourth-order valence-electron chi connectivity index (χ4n) is 3.74. The van der Waals surface area contributed by atoms with Crippen LogP contribution >= 0.6 is 0 Å². The number of carboxylic acid groups (broad SMARTS) is 1. The summed E-state index contributed by atoms with van der Waals surface area (Å²) in [4.78, 5) is 41.3. The molecule has 2 aliphatic heterocycles. The van der Waals surface area contributed by atoms with E-state index in [1.807, 2.05) is 11.0 Å². The van der Waals surface area contributed by atoms with E-state index >= 15 is 0 Å². The second-order valence-corrected chi connectivity index (χ2v) is 6.97. The first-order valence-electron chi connectivity index (χ1n) is 9.08. The first-order valence-corrected chi connectivity index (χ1v) is 9.08. The number of piperidine rings is 1. The Kier molecular flexibility index (Phi) is 5.44. The average molecular weight is 359 g/mol. The van der Waals surface area contributed by atoms with Crippen molar-refractivity contribution in [2.75, 3.05) is 44.2 Å². The zero-order valence-electron chi connectivity index (χ0n) is 15.1. The Morgan fingerprint density at radius 1 is 1.04 bits per heavy atom. The smallest absolute Gasteiger partial charge is 0.335 e. The lowest BCUT2D eigenvalue weighted by molar-refractivity contribution is -0.140. The maximum atomic E-state index is 12.8. The largest absolute Gasteiger partial charge is 0.478 e. The highest BCUT2D eigenvalue weighted by Gasteiger charge is 2.31. The van der Waals surface area contributed by atoms with Crippen LogP contribution in [0.25, 0.3) is 0 Å². The number of benzene rings is 1. The Morgan fingerprint density at radius 3 is 2.42 bits per heavy atom. The van der Waals surface area contributed by atoms with Crippen LogP contribution < -0.4 is 4.90 Å². The van der Waals surface area contributed by atoms with Gasteiger partial charge in [0, 0.05) is 51.9 Å². The Labute approximate surface area is 153 Å². The molecule has 3 rings (SSSR count). The SMILES string of the molecule is CC(=O)N1CCCC(C(=O)N2CCN(c3cccc(C(=O)O)c3)CC2)C1. The highest BCUT2D eigenvalue weighted by molar-refractivity contribution is 5.89. The predicted molar refractivity (Wildman–Crippen MR) is 97.2 cm³/mol. The Balaban J connectivity index is 1.58. The van der Waals surface area contributed by atoms with Gasteiger partial charge < -0.3 is 19.8 Å². The maximum Gasteiger partial charge on any atom is 0.335 e. The van der Waals surface area contributed by atoms with Crippen LogP contribution in [-0.4, -0.2) is 72.0 Å². The molecule has 0 aromatic heterocycles. The first-order chi connectivity index (χ1) is 12.5. The molecule has 0 bridgehead atoms. The van der Waals surface area contributed by atoms with Gasteiger partial charge in [-0.05, 0) is 31.0 Å². The van der Waals surface area contributed by atoms with Crippen LogP contribution in [0.5, 0.6) is 0 Å². The van der Waals surface area contributed by atoms with Crippen molar-refractivity contribution in [1.82, 2.24) is 9.80 Å². The first kappa shape index (κ1) is 18.2. The summed E-state index contributed by atoms with van der Waals surface area (Å²) < 4.78 is 0. The molecule has 7 nitrogen and oxygen atoms in total. The molecule has 7 heteroatoms. The lowest BCUT2D eigenvalue weighted by Crippen LogP contribution is -2.53. The molecule has 2 heterocycles. The molecule has 1 N–H and O–H groups in total. The van der Waals surface area contributed by atoms with E-state index in [0.29, 0.717) is 32.7 Å². The highest BCUT2D eigenvalue weighted by Crippen LogP contribution is 2.22. The monoisotopic (exact) mass is 359 g/mol.